The predicted molar refractivity (Wildman–Crippen MR) is 66.1 cm³/mol. The van der Waals surface area contributed by atoms with Crippen molar-refractivity contribution in [1.29, 1.82) is 0 Å². The van der Waals surface area contributed by atoms with Crippen LogP contribution in [0.3, 0.4) is 0 Å². The van der Waals surface area contributed by atoms with Crippen molar-refractivity contribution in [3.8, 4) is 0 Å². The minimum Gasteiger partial charge on any atom is -0.391 e. The minimum atomic E-state index is -4.57. The highest BCUT2D eigenvalue weighted by atomic mass is 19.4. The van der Waals surface area contributed by atoms with Crippen LogP contribution in [-0.4, -0.2) is 36.8 Å². The fourth-order valence-corrected chi connectivity index (χ4v) is 2.17. The van der Waals surface area contributed by atoms with Crippen molar-refractivity contribution in [3.63, 3.8) is 0 Å². The summed E-state index contributed by atoms with van der Waals surface area (Å²) in [7, 11) is 0. The van der Waals surface area contributed by atoms with Gasteiger partial charge in [0.1, 0.15) is 0 Å². The summed E-state index contributed by atoms with van der Waals surface area (Å²) in [5.41, 5.74) is -1.36. The van der Waals surface area contributed by atoms with Gasteiger partial charge in [-0.2, -0.15) is 13.2 Å². The van der Waals surface area contributed by atoms with Crippen molar-refractivity contribution in [1.82, 2.24) is 10.6 Å². The maximum atomic E-state index is 12.8. The smallest absolute Gasteiger partial charge is 0.391 e. The Morgan fingerprint density at radius 1 is 1.35 bits per heavy atom. The van der Waals surface area contributed by atoms with Crippen molar-refractivity contribution >= 4 is 5.91 Å². The molecule has 1 aliphatic rings. The molecule has 20 heavy (non-hydrogen) atoms. The normalized spacial score (nSPS) is 22.8. The molecular formula is C13H15F3N2O2. The van der Waals surface area contributed by atoms with Gasteiger partial charge < -0.3 is 15.7 Å². The molecule has 2 atom stereocenters. The fourth-order valence-electron chi connectivity index (χ4n) is 2.17. The monoisotopic (exact) mass is 288 g/mol. The second-order valence-corrected chi connectivity index (χ2v) is 4.74. The third-order valence-corrected chi connectivity index (χ3v) is 3.31. The Morgan fingerprint density at radius 3 is 2.65 bits per heavy atom. The van der Waals surface area contributed by atoms with Crippen LogP contribution in [0.2, 0.25) is 0 Å². The molecule has 3 N–H and O–H groups in total. The zero-order valence-electron chi connectivity index (χ0n) is 10.6. The molecule has 0 bridgehead atoms. The van der Waals surface area contributed by atoms with Crippen LogP contribution in [0.15, 0.2) is 24.3 Å². The van der Waals surface area contributed by atoms with Gasteiger partial charge in [-0.25, -0.2) is 0 Å². The maximum absolute atomic E-state index is 12.8. The van der Waals surface area contributed by atoms with Crippen LogP contribution >= 0.6 is 0 Å². The van der Waals surface area contributed by atoms with Crippen LogP contribution in [0.4, 0.5) is 13.2 Å². The van der Waals surface area contributed by atoms with E-state index in [4.69, 9.17) is 0 Å². The number of rotatable bonds is 3. The molecule has 1 aromatic carbocycles. The van der Waals surface area contributed by atoms with Crippen LogP contribution in [0.5, 0.6) is 0 Å². The van der Waals surface area contributed by atoms with E-state index in [-0.39, 0.29) is 12.5 Å². The Hall–Kier alpha value is -1.60. The van der Waals surface area contributed by atoms with Gasteiger partial charge in [0.2, 0.25) is 0 Å². The number of hydrogen-bond donors (Lipinski definition) is 3. The summed E-state index contributed by atoms with van der Waals surface area (Å²) in [5, 5.41) is 14.9. The molecule has 110 valence electrons. The van der Waals surface area contributed by atoms with Crippen LogP contribution in [0.25, 0.3) is 0 Å². The standard InChI is InChI=1S/C13H15F3N2O2/c14-13(15,16)10-4-2-1-3-9(10)12(20)18-6-8-5-17-7-11(8)19/h1-4,8,11,17,19H,5-7H2,(H,18,20). The number of amides is 1. The molecule has 0 aromatic heterocycles. The largest absolute Gasteiger partial charge is 0.417 e. The van der Waals surface area contributed by atoms with E-state index in [1.807, 2.05) is 0 Å². The molecule has 2 unspecified atom stereocenters. The topological polar surface area (TPSA) is 61.4 Å². The van der Waals surface area contributed by atoms with Crippen molar-refractivity contribution < 1.29 is 23.1 Å². The van der Waals surface area contributed by atoms with Crippen molar-refractivity contribution in [2.45, 2.75) is 12.3 Å². The molecule has 7 heteroatoms. The van der Waals surface area contributed by atoms with Crippen molar-refractivity contribution in [2.24, 2.45) is 5.92 Å². The average molecular weight is 288 g/mol. The van der Waals surface area contributed by atoms with Gasteiger partial charge in [-0.1, -0.05) is 12.1 Å². The predicted octanol–water partition coefficient (Wildman–Crippen LogP) is 1.02. The van der Waals surface area contributed by atoms with Crippen LogP contribution in [0, 0.1) is 5.92 Å². The summed E-state index contributed by atoms with van der Waals surface area (Å²) in [6.07, 6.45) is -5.16. The molecule has 1 heterocycles. The average Bonchev–Trinajstić information content (AvgIpc) is 2.80. The first-order chi connectivity index (χ1) is 9.39. The number of benzene rings is 1. The molecule has 0 radical (unpaired) electrons. The summed E-state index contributed by atoms with van der Waals surface area (Å²) in [4.78, 5) is 11.9. The molecule has 1 amide bonds. The van der Waals surface area contributed by atoms with E-state index < -0.39 is 29.3 Å². The molecule has 1 fully saturated rings. The maximum Gasteiger partial charge on any atom is 0.417 e. The molecule has 4 nitrogen and oxygen atoms in total. The van der Waals surface area contributed by atoms with E-state index >= 15 is 0 Å². The molecule has 2 rings (SSSR count). The summed E-state index contributed by atoms with van der Waals surface area (Å²) in [6.45, 7) is 1.10. The van der Waals surface area contributed by atoms with Gasteiger partial charge in [0, 0.05) is 25.6 Å². The summed E-state index contributed by atoms with van der Waals surface area (Å²) in [6, 6.07) is 4.64. The van der Waals surface area contributed by atoms with Gasteiger partial charge in [0.25, 0.3) is 5.91 Å². The lowest BCUT2D eigenvalue weighted by Crippen LogP contribution is -2.35. The van der Waals surface area contributed by atoms with Crippen LogP contribution < -0.4 is 10.6 Å². The Morgan fingerprint density at radius 2 is 2.05 bits per heavy atom. The molecular weight excluding hydrogens is 273 g/mol. The Kier molecular flexibility index (Phi) is 4.29. The second-order valence-electron chi connectivity index (χ2n) is 4.74. The molecule has 0 spiro atoms. The minimum absolute atomic E-state index is 0.138. The summed E-state index contributed by atoms with van der Waals surface area (Å²) < 4.78 is 38.3. The number of carbonyl (C=O) groups is 1. The van der Waals surface area contributed by atoms with Gasteiger partial charge in [0.05, 0.1) is 17.2 Å². The number of carbonyl (C=O) groups excluding carboxylic acids is 1. The van der Waals surface area contributed by atoms with E-state index in [1.165, 1.54) is 12.1 Å². The molecule has 0 aliphatic carbocycles. The van der Waals surface area contributed by atoms with E-state index in [0.29, 0.717) is 13.1 Å². The number of β-amino-alcohol motifs (C(OH)–C–C–N with tert-alkyl or cyclic N) is 1. The summed E-state index contributed by atoms with van der Waals surface area (Å²) in [5.74, 6) is -0.964. The van der Waals surface area contributed by atoms with Crippen molar-refractivity contribution in [2.75, 3.05) is 19.6 Å². The zero-order chi connectivity index (χ0) is 14.8. The zero-order valence-corrected chi connectivity index (χ0v) is 10.6. The fraction of sp³-hybridized carbons (Fsp3) is 0.462. The Labute approximate surface area is 114 Å². The SMILES string of the molecule is O=C(NCC1CNCC1O)c1ccccc1C(F)(F)F. The highest BCUT2D eigenvalue weighted by molar-refractivity contribution is 5.95. The molecule has 1 aromatic rings. The van der Waals surface area contributed by atoms with Crippen molar-refractivity contribution in [3.05, 3.63) is 35.4 Å². The number of alkyl halides is 3. The number of aliphatic hydroxyl groups is 1. The molecule has 0 saturated carbocycles. The highest BCUT2D eigenvalue weighted by Crippen LogP contribution is 2.31. The highest BCUT2D eigenvalue weighted by Gasteiger charge is 2.35. The molecule has 1 aliphatic heterocycles. The van der Waals surface area contributed by atoms with Gasteiger partial charge in [-0.15, -0.1) is 0 Å². The van der Waals surface area contributed by atoms with E-state index in [9.17, 15) is 23.1 Å². The lowest BCUT2D eigenvalue weighted by molar-refractivity contribution is -0.137. The van der Waals surface area contributed by atoms with E-state index in [0.717, 1.165) is 12.1 Å². The first-order valence-electron chi connectivity index (χ1n) is 6.23. The lowest BCUT2D eigenvalue weighted by Gasteiger charge is -2.16. The summed E-state index contributed by atoms with van der Waals surface area (Å²) >= 11 is 0. The number of aliphatic hydroxyl groups excluding tert-OH is 1. The Bertz CT molecular complexity index is 491. The van der Waals surface area contributed by atoms with Gasteiger partial charge in [-0.3, -0.25) is 4.79 Å². The third kappa shape index (κ3) is 3.29. The van der Waals surface area contributed by atoms with Crippen LogP contribution in [-0.2, 0) is 6.18 Å². The lowest BCUT2D eigenvalue weighted by atomic mass is 10.0. The number of nitrogens with one attached hydrogen (secondary N) is 2. The first kappa shape index (κ1) is 14.8. The second kappa shape index (κ2) is 5.80. The van der Waals surface area contributed by atoms with Crippen LogP contribution in [0.1, 0.15) is 15.9 Å². The van der Waals surface area contributed by atoms with Gasteiger partial charge in [0.15, 0.2) is 0 Å². The third-order valence-electron chi connectivity index (χ3n) is 3.31. The number of hydrogen-bond acceptors (Lipinski definition) is 3. The van der Waals surface area contributed by atoms with Gasteiger partial charge in [-0.05, 0) is 12.1 Å². The number of halogens is 3. The van der Waals surface area contributed by atoms with Gasteiger partial charge >= 0.3 is 6.18 Å². The quantitative estimate of drug-likeness (QED) is 0.778. The Balaban J connectivity index is 2.06. The first-order valence-corrected chi connectivity index (χ1v) is 6.23. The van der Waals surface area contributed by atoms with E-state index in [1.54, 1.807) is 0 Å². The van der Waals surface area contributed by atoms with E-state index in [2.05, 4.69) is 10.6 Å². The molecule has 1 saturated heterocycles.